The summed E-state index contributed by atoms with van der Waals surface area (Å²) in [5.41, 5.74) is 5.97. The van der Waals surface area contributed by atoms with Gasteiger partial charge in [0, 0.05) is 12.7 Å². The van der Waals surface area contributed by atoms with Gasteiger partial charge in [0.2, 0.25) is 0 Å². The van der Waals surface area contributed by atoms with Gasteiger partial charge in [-0.1, -0.05) is 30.3 Å². The third-order valence-electron chi connectivity index (χ3n) is 5.88. The van der Waals surface area contributed by atoms with Gasteiger partial charge in [-0.25, -0.2) is 4.79 Å². The van der Waals surface area contributed by atoms with Crippen LogP contribution in [0.5, 0.6) is 5.75 Å². The molecule has 1 atom stereocenters. The van der Waals surface area contributed by atoms with E-state index in [0.717, 1.165) is 7.11 Å². The van der Waals surface area contributed by atoms with Gasteiger partial charge in [0.15, 0.2) is 6.61 Å². The molecule has 0 radical (unpaired) electrons. The summed E-state index contributed by atoms with van der Waals surface area (Å²) < 4.78 is 52.1. The van der Waals surface area contributed by atoms with Gasteiger partial charge in [-0.15, -0.1) is 0 Å². The summed E-state index contributed by atoms with van der Waals surface area (Å²) in [7, 11) is 1.15. The van der Waals surface area contributed by atoms with Gasteiger partial charge in [-0.2, -0.15) is 13.2 Å². The topological polar surface area (TPSA) is 120 Å². The van der Waals surface area contributed by atoms with E-state index in [9.17, 15) is 32.3 Å². The normalized spacial score (nSPS) is 15.3. The second-order valence-electron chi connectivity index (χ2n) is 7.95. The number of fused-ring (bicyclic) bond motifs is 3. The van der Waals surface area contributed by atoms with Crippen LogP contribution in [-0.4, -0.2) is 59.3 Å². The maximum absolute atomic E-state index is 13.5. The molecule has 1 aromatic carbocycles. The molecule has 2 N–H and O–H groups in total. The van der Waals surface area contributed by atoms with E-state index in [1.54, 1.807) is 30.3 Å². The number of hydrogen-bond acceptors (Lipinski definition) is 6. The standard InChI is InChI=1S/C24H20F3N3O6/c1-35-16(31)12-36-15-8-5-10-29-19-14(17(20(15)29)21(32)22(28)33)9-11-30(23(34)24(25,26)27)18(19)13-6-3-2-4-7-13/h2-8,10,18H,9,11-12H2,1H3,(H2,28,33). The summed E-state index contributed by atoms with van der Waals surface area (Å²) in [6, 6.07) is 9.67. The fraction of sp³-hybridized carbons (Fsp3) is 0.250. The summed E-state index contributed by atoms with van der Waals surface area (Å²) in [4.78, 5) is 49.7. The third kappa shape index (κ3) is 4.25. The Morgan fingerprint density at radius 1 is 1.08 bits per heavy atom. The van der Waals surface area contributed by atoms with E-state index < -0.39 is 42.4 Å². The van der Waals surface area contributed by atoms with Gasteiger partial charge in [0.05, 0.1) is 29.9 Å². The number of halogens is 3. The molecule has 188 valence electrons. The Morgan fingerprint density at radius 3 is 2.39 bits per heavy atom. The molecule has 0 bridgehead atoms. The van der Waals surface area contributed by atoms with Gasteiger partial charge >= 0.3 is 18.1 Å². The van der Waals surface area contributed by atoms with E-state index in [1.807, 2.05) is 0 Å². The Labute approximate surface area is 202 Å². The molecule has 0 aliphatic carbocycles. The lowest BCUT2D eigenvalue weighted by Gasteiger charge is -2.37. The molecule has 1 aliphatic rings. The van der Waals surface area contributed by atoms with Crippen LogP contribution in [0.2, 0.25) is 0 Å². The first-order valence-corrected chi connectivity index (χ1v) is 10.7. The molecule has 1 aliphatic heterocycles. The van der Waals surface area contributed by atoms with Crippen molar-refractivity contribution in [1.82, 2.24) is 9.30 Å². The number of ketones is 1. The number of primary amides is 1. The van der Waals surface area contributed by atoms with E-state index in [2.05, 4.69) is 4.74 Å². The summed E-state index contributed by atoms with van der Waals surface area (Å²) in [5.74, 6) is -5.12. The van der Waals surface area contributed by atoms with Crippen molar-refractivity contribution in [3.05, 3.63) is 71.0 Å². The second-order valence-corrected chi connectivity index (χ2v) is 7.95. The summed E-state index contributed by atoms with van der Waals surface area (Å²) in [6.07, 6.45) is -3.83. The number of benzene rings is 1. The first-order chi connectivity index (χ1) is 17.1. The fourth-order valence-electron chi connectivity index (χ4n) is 4.44. The maximum atomic E-state index is 13.5. The highest BCUT2D eigenvalue weighted by molar-refractivity contribution is 6.44. The third-order valence-corrected chi connectivity index (χ3v) is 5.88. The van der Waals surface area contributed by atoms with Crippen molar-refractivity contribution in [2.24, 2.45) is 5.73 Å². The molecular formula is C24H20F3N3O6. The highest BCUT2D eigenvalue weighted by Gasteiger charge is 2.48. The van der Waals surface area contributed by atoms with Gasteiger partial charge in [-0.3, -0.25) is 14.4 Å². The van der Waals surface area contributed by atoms with Crippen LogP contribution in [0.3, 0.4) is 0 Å². The zero-order valence-electron chi connectivity index (χ0n) is 18.9. The lowest BCUT2D eigenvalue weighted by atomic mass is 9.90. The number of alkyl halides is 3. The predicted molar refractivity (Wildman–Crippen MR) is 118 cm³/mol. The minimum absolute atomic E-state index is 0.00223. The van der Waals surface area contributed by atoms with Gasteiger partial charge in [0.1, 0.15) is 5.75 Å². The number of aromatic nitrogens is 1. The average Bonchev–Trinajstić information content (AvgIpc) is 3.20. The van der Waals surface area contributed by atoms with Crippen LogP contribution < -0.4 is 10.5 Å². The van der Waals surface area contributed by atoms with E-state index in [-0.39, 0.29) is 41.1 Å². The lowest BCUT2D eigenvalue weighted by Crippen LogP contribution is -2.47. The summed E-state index contributed by atoms with van der Waals surface area (Å²) in [5, 5.41) is 0. The number of Topliss-reactive ketones (excluding diaryl/α,β-unsaturated/α-hetero) is 1. The van der Waals surface area contributed by atoms with Crippen LogP contribution in [-0.2, 0) is 25.5 Å². The number of ether oxygens (including phenoxy) is 2. The highest BCUT2D eigenvalue weighted by atomic mass is 19.4. The Morgan fingerprint density at radius 2 is 1.78 bits per heavy atom. The van der Waals surface area contributed by atoms with Gasteiger partial charge in [0.25, 0.3) is 11.7 Å². The highest BCUT2D eigenvalue weighted by Crippen LogP contribution is 2.43. The van der Waals surface area contributed by atoms with E-state index in [0.29, 0.717) is 10.5 Å². The zero-order chi connectivity index (χ0) is 26.2. The van der Waals surface area contributed by atoms with Crippen LogP contribution in [0, 0.1) is 0 Å². The van der Waals surface area contributed by atoms with E-state index in [4.69, 9.17) is 10.5 Å². The molecule has 9 nitrogen and oxygen atoms in total. The quantitative estimate of drug-likeness (QED) is 0.313. The number of nitrogens with two attached hydrogens (primary N) is 1. The second kappa shape index (κ2) is 9.36. The molecule has 0 spiro atoms. The maximum Gasteiger partial charge on any atom is 0.471 e. The largest absolute Gasteiger partial charge is 0.480 e. The number of amides is 2. The fourth-order valence-corrected chi connectivity index (χ4v) is 4.44. The first kappa shape index (κ1) is 24.8. The zero-order valence-corrected chi connectivity index (χ0v) is 18.9. The number of nitrogens with zero attached hydrogens (tertiary/aromatic N) is 2. The molecule has 2 aromatic heterocycles. The number of methoxy groups -OCH3 is 1. The molecule has 4 rings (SSSR count). The van der Waals surface area contributed by atoms with Crippen molar-refractivity contribution in [1.29, 1.82) is 0 Å². The molecular weight excluding hydrogens is 483 g/mol. The van der Waals surface area contributed by atoms with Crippen molar-refractivity contribution in [2.45, 2.75) is 18.6 Å². The Bertz CT molecular complexity index is 1370. The van der Waals surface area contributed by atoms with Crippen LogP contribution >= 0.6 is 0 Å². The number of carbonyl (C=O) groups excluding carboxylic acids is 4. The summed E-state index contributed by atoms with van der Waals surface area (Å²) in [6.45, 7) is -0.907. The molecule has 2 amide bonds. The molecule has 36 heavy (non-hydrogen) atoms. The first-order valence-electron chi connectivity index (χ1n) is 10.7. The van der Waals surface area contributed by atoms with Gasteiger partial charge < -0.3 is 24.5 Å². The number of hydrogen-bond donors (Lipinski definition) is 1. The number of esters is 1. The van der Waals surface area contributed by atoms with E-state index >= 15 is 0 Å². The van der Waals surface area contributed by atoms with Crippen molar-refractivity contribution in [3.8, 4) is 5.75 Å². The SMILES string of the molecule is COC(=O)COc1cccn2c3c(c(C(=O)C(N)=O)c12)CCN(C(=O)C(F)(F)F)C3c1ccccc1. The minimum Gasteiger partial charge on any atom is -0.480 e. The van der Waals surface area contributed by atoms with Crippen molar-refractivity contribution in [2.75, 3.05) is 20.3 Å². The lowest BCUT2D eigenvalue weighted by molar-refractivity contribution is -0.187. The molecule has 3 heterocycles. The number of pyridine rings is 1. The molecule has 0 saturated heterocycles. The van der Waals surface area contributed by atoms with Crippen LogP contribution in [0.25, 0.3) is 5.52 Å². The van der Waals surface area contributed by atoms with Crippen molar-refractivity contribution < 1.29 is 41.8 Å². The van der Waals surface area contributed by atoms with Crippen LogP contribution in [0.1, 0.15) is 33.2 Å². The van der Waals surface area contributed by atoms with Crippen LogP contribution in [0.4, 0.5) is 13.2 Å². The van der Waals surface area contributed by atoms with Crippen LogP contribution in [0.15, 0.2) is 48.7 Å². The Hall–Kier alpha value is -4.35. The average molecular weight is 503 g/mol. The molecule has 0 saturated carbocycles. The number of carbonyl (C=O) groups is 4. The smallest absolute Gasteiger partial charge is 0.471 e. The van der Waals surface area contributed by atoms with Crippen molar-refractivity contribution in [3.63, 3.8) is 0 Å². The molecule has 0 fully saturated rings. The summed E-state index contributed by atoms with van der Waals surface area (Å²) >= 11 is 0. The van der Waals surface area contributed by atoms with E-state index in [1.165, 1.54) is 22.7 Å². The number of rotatable bonds is 6. The Kier molecular flexibility index (Phi) is 6.44. The monoisotopic (exact) mass is 503 g/mol. The Balaban J connectivity index is 2.03. The van der Waals surface area contributed by atoms with Gasteiger partial charge in [-0.05, 0) is 29.7 Å². The predicted octanol–water partition coefficient (Wildman–Crippen LogP) is 2.20. The molecule has 12 heteroatoms. The minimum atomic E-state index is -5.14. The van der Waals surface area contributed by atoms with Crippen molar-refractivity contribution >= 4 is 29.1 Å². The molecule has 3 aromatic rings. The molecule has 1 unspecified atom stereocenters.